The first kappa shape index (κ1) is 15.8. The highest BCUT2D eigenvalue weighted by atomic mass is 32.1. The fraction of sp³-hybridized carbons (Fsp3) is 0.143. The largest absolute Gasteiger partial charge is 0.363 e. The van der Waals surface area contributed by atoms with Gasteiger partial charge < -0.3 is 4.90 Å². The lowest BCUT2D eigenvalue weighted by atomic mass is 10.1. The summed E-state index contributed by atoms with van der Waals surface area (Å²) >= 11 is 1.74. The average Bonchev–Trinajstić information content (AvgIpc) is 3.05. The van der Waals surface area contributed by atoms with Crippen LogP contribution in [0.1, 0.15) is 5.56 Å². The minimum atomic E-state index is 0.963. The van der Waals surface area contributed by atoms with Gasteiger partial charge in [-0.1, -0.05) is 30.3 Å². The van der Waals surface area contributed by atoms with Crippen LogP contribution in [0.15, 0.2) is 60.8 Å². The molecule has 0 aliphatic heterocycles. The van der Waals surface area contributed by atoms with Crippen molar-refractivity contribution < 1.29 is 0 Å². The normalized spacial score (nSPS) is 11.0. The van der Waals surface area contributed by atoms with E-state index in [1.807, 2.05) is 31.3 Å². The summed E-state index contributed by atoms with van der Waals surface area (Å²) < 4.78 is 1.24. The van der Waals surface area contributed by atoms with Crippen LogP contribution in [0.3, 0.4) is 0 Å². The number of hydrogen-bond acceptors (Lipinski definition) is 4. The molecule has 25 heavy (non-hydrogen) atoms. The second kappa shape index (κ2) is 6.30. The number of hydrogen-bond donors (Lipinski definition) is 0. The van der Waals surface area contributed by atoms with Crippen LogP contribution in [-0.2, 0) is 0 Å². The molecular weight excluding hydrogens is 326 g/mol. The Labute approximate surface area is 151 Å². The van der Waals surface area contributed by atoms with E-state index in [1.165, 1.54) is 15.8 Å². The maximum absolute atomic E-state index is 4.76. The molecule has 2 aromatic heterocycles. The van der Waals surface area contributed by atoms with Gasteiger partial charge in [0, 0.05) is 31.4 Å². The zero-order valence-electron chi connectivity index (χ0n) is 14.5. The molecule has 0 saturated carbocycles. The fourth-order valence-corrected chi connectivity index (χ4v) is 3.85. The molecule has 0 atom stereocenters. The molecule has 0 aliphatic carbocycles. The molecule has 0 unspecified atom stereocenters. The standard InChI is InChI=1S/C21H19N3S/c1-14-4-10-18-19(12-14)25-21(23-18)16-7-5-15(6-8-16)17-9-11-20(22-13-17)24(2)3/h4-13H,1-3H3. The van der Waals surface area contributed by atoms with Crippen molar-refractivity contribution in [2.45, 2.75) is 6.92 Å². The number of nitrogens with zero attached hydrogens (tertiary/aromatic N) is 3. The van der Waals surface area contributed by atoms with E-state index in [1.54, 1.807) is 11.3 Å². The van der Waals surface area contributed by atoms with E-state index in [0.717, 1.165) is 27.5 Å². The van der Waals surface area contributed by atoms with Crippen molar-refractivity contribution >= 4 is 27.4 Å². The number of fused-ring (bicyclic) bond motifs is 1. The summed E-state index contributed by atoms with van der Waals surface area (Å²) in [5, 5.41) is 1.06. The van der Waals surface area contributed by atoms with Gasteiger partial charge in [-0.2, -0.15) is 0 Å². The van der Waals surface area contributed by atoms with Crippen molar-refractivity contribution in [2.75, 3.05) is 19.0 Å². The van der Waals surface area contributed by atoms with E-state index >= 15 is 0 Å². The number of aryl methyl sites for hydroxylation is 1. The highest BCUT2D eigenvalue weighted by molar-refractivity contribution is 7.21. The number of thiazole rings is 1. The number of anilines is 1. The lowest BCUT2D eigenvalue weighted by Gasteiger charge is -2.11. The number of pyridine rings is 1. The van der Waals surface area contributed by atoms with E-state index < -0.39 is 0 Å². The summed E-state index contributed by atoms with van der Waals surface area (Å²) in [6, 6.07) is 19.1. The summed E-state index contributed by atoms with van der Waals surface area (Å²) in [6.45, 7) is 2.11. The van der Waals surface area contributed by atoms with Gasteiger partial charge in [0.1, 0.15) is 10.8 Å². The molecule has 0 amide bonds. The molecule has 2 heterocycles. The summed E-state index contributed by atoms with van der Waals surface area (Å²) in [6.07, 6.45) is 1.92. The Kier molecular flexibility index (Phi) is 3.98. The zero-order valence-corrected chi connectivity index (χ0v) is 15.3. The van der Waals surface area contributed by atoms with E-state index in [4.69, 9.17) is 4.98 Å². The number of aromatic nitrogens is 2. The van der Waals surface area contributed by atoms with E-state index in [9.17, 15) is 0 Å². The van der Waals surface area contributed by atoms with E-state index in [-0.39, 0.29) is 0 Å². The minimum absolute atomic E-state index is 0.963. The Morgan fingerprint density at radius 1 is 0.840 bits per heavy atom. The second-order valence-corrected chi connectivity index (χ2v) is 7.40. The summed E-state index contributed by atoms with van der Waals surface area (Å²) in [5.74, 6) is 0.963. The Morgan fingerprint density at radius 2 is 1.56 bits per heavy atom. The van der Waals surface area contributed by atoms with Crippen LogP contribution in [0.4, 0.5) is 5.82 Å². The molecule has 4 heteroatoms. The Bertz CT molecular complexity index is 1020. The Morgan fingerprint density at radius 3 is 2.24 bits per heavy atom. The Balaban J connectivity index is 1.64. The lowest BCUT2D eigenvalue weighted by Crippen LogP contribution is -2.09. The molecule has 124 valence electrons. The maximum atomic E-state index is 4.76. The molecular formula is C21H19N3S. The monoisotopic (exact) mass is 345 g/mol. The first-order chi connectivity index (χ1) is 12.1. The molecule has 0 fully saturated rings. The maximum Gasteiger partial charge on any atom is 0.127 e. The zero-order chi connectivity index (χ0) is 17.4. The van der Waals surface area contributed by atoms with E-state index in [0.29, 0.717) is 0 Å². The lowest BCUT2D eigenvalue weighted by molar-refractivity contribution is 1.07. The van der Waals surface area contributed by atoms with Crippen molar-refractivity contribution in [1.29, 1.82) is 0 Å². The van der Waals surface area contributed by atoms with Gasteiger partial charge in [0.15, 0.2) is 0 Å². The quantitative estimate of drug-likeness (QED) is 0.498. The third-order valence-corrected chi connectivity index (χ3v) is 5.28. The highest BCUT2D eigenvalue weighted by Crippen LogP contribution is 2.32. The van der Waals surface area contributed by atoms with Crippen LogP contribution >= 0.6 is 11.3 Å². The average molecular weight is 345 g/mol. The third kappa shape index (κ3) is 3.13. The van der Waals surface area contributed by atoms with Gasteiger partial charge >= 0.3 is 0 Å². The number of benzene rings is 2. The van der Waals surface area contributed by atoms with Crippen LogP contribution < -0.4 is 4.90 Å². The minimum Gasteiger partial charge on any atom is -0.363 e. The first-order valence-electron chi connectivity index (χ1n) is 8.21. The Hall–Kier alpha value is -2.72. The predicted molar refractivity (Wildman–Crippen MR) is 107 cm³/mol. The van der Waals surface area contributed by atoms with Crippen LogP contribution in [0.25, 0.3) is 31.9 Å². The van der Waals surface area contributed by atoms with Crippen molar-refractivity contribution in [3.8, 4) is 21.7 Å². The molecule has 0 saturated heterocycles. The molecule has 4 rings (SSSR count). The van der Waals surface area contributed by atoms with Gasteiger partial charge in [-0.15, -0.1) is 11.3 Å². The smallest absolute Gasteiger partial charge is 0.127 e. The van der Waals surface area contributed by atoms with Gasteiger partial charge in [-0.25, -0.2) is 9.97 Å². The van der Waals surface area contributed by atoms with Gasteiger partial charge in [0.25, 0.3) is 0 Å². The van der Waals surface area contributed by atoms with Crippen molar-refractivity contribution in [3.63, 3.8) is 0 Å². The fourth-order valence-electron chi connectivity index (χ4n) is 2.78. The van der Waals surface area contributed by atoms with Gasteiger partial charge in [0.2, 0.25) is 0 Å². The number of rotatable bonds is 3. The predicted octanol–water partition coefficient (Wildman–Crippen LogP) is 5.40. The SMILES string of the molecule is Cc1ccc2nc(-c3ccc(-c4ccc(N(C)C)nc4)cc3)sc2c1. The molecule has 0 aliphatic rings. The highest BCUT2D eigenvalue weighted by Gasteiger charge is 2.07. The molecule has 0 radical (unpaired) electrons. The van der Waals surface area contributed by atoms with Gasteiger partial charge in [0.05, 0.1) is 10.2 Å². The molecule has 0 N–H and O–H groups in total. The summed E-state index contributed by atoms with van der Waals surface area (Å²) in [5.41, 5.74) is 5.78. The first-order valence-corrected chi connectivity index (χ1v) is 9.03. The molecule has 3 nitrogen and oxygen atoms in total. The van der Waals surface area contributed by atoms with Crippen molar-refractivity contribution in [3.05, 3.63) is 66.4 Å². The van der Waals surface area contributed by atoms with Crippen molar-refractivity contribution in [2.24, 2.45) is 0 Å². The van der Waals surface area contributed by atoms with Crippen LogP contribution in [-0.4, -0.2) is 24.1 Å². The molecule has 0 bridgehead atoms. The molecule has 2 aromatic carbocycles. The molecule has 4 aromatic rings. The van der Waals surface area contributed by atoms with E-state index in [2.05, 4.69) is 60.4 Å². The summed E-state index contributed by atoms with van der Waals surface area (Å²) in [4.78, 5) is 11.2. The van der Waals surface area contributed by atoms with Crippen LogP contribution in [0.2, 0.25) is 0 Å². The second-order valence-electron chi connectivity index (χ2n) is 6.37. The van der Waals surface area contributed by atoms with Crippen molar-refractivity contribution in [1.82, 2.24) is 9.97 Å². The third-order valence-electron chi connectivity index (χ3n) is 4.22. The van der Waals surface area contributed by atoms with Gasteiger partial charge in [-0.05, 0) is 42.3 Å². The van der Waals surface area contributed by atoms with Gasteiger partial charge in [-0.3, -0.25) is 0 Å². The molecule has 0 spiro atoms. The van der Waals surface area contributed by atoms with Crippen LogP contribution in [0.5, 0.6) is 0 Å². The topological polar surface area (TPSA) is 29.0 Å². The summed E-state index contributed by atoms with van der Waals surface area (Å²) in [7, 11) is 3.99. The van der Waals surface area contributed by atoms with Crippen LogP contribution in [0, 0.1) is 6.92 Å².